The van der Waals surface area contributed by atoms with E-state index in [2.05, 4.69) is 4.98 Å². The number of carbonyl (C=O) groups is 1. The molecule has 5 nitrogen and oxygen atoms in total. The normalized spacial score (nSPS) is 14.4. The average Bonchev–Trinajstić information content (AvgIpc) is 3.03. The quantitative estimate of drug-likeness (QED) is 0.622. The van der Waals surface area contributed by atoms with Gasteiger partial charge >= 0.3 is 0 Å². The van der Waals surface area contributed by atoms with Gasteiger partial charge in [0.05, 0.1) is 20.3 Å². The molecule has 4 rings (SSSR count). The molecular formula is C20H20Cl2N4OS. The zero-order valence-electron chi connectivity index (χ0n) is 15.6. The van der Waals surface area contributed by atoms with E-state index in [4.69, 9.17) is 34.7 Å². The molecule has 0 fully saturated rings. The van der Waals surface area contributed by atoms with Crippen LogP contribution in [-0.2, 0) is 17.8 Å². The lowest BCUT2D eigenvalue weighted by Gasteiger charge is -2.32. The van der Waals surface area contributed by atoms with E-state index in [0.29, 0.717) is 29.0 Å². The summed E-state index contributed by atoms with van der Waals surface area (Å²) in [6.45, 7) is 4.61. The van der Waals surface area contributed by atoms with E-state index in [9.17, 15) is 4.79 Å². The van der Waals surface area contributed by atoms with Crippen molar-refractivity contribution >= 4 is 56.3 Å². The molecule has 0 saturated carbocycles. The van der Waals surface area contributed by atoms with Crippen LogP contribution in [0.2, 0.25) is 10.0 Å². The van der Waals surface area contributed by atoms with Gasteiger partial charge < -0.3 is 16.4 Å². The van der Waals surface area contributed by atoms with Gasteiger partial charge in [-0.1, -0.05) is 23.2 Å². The zero-order valence-corrected chi connectivity index (χ0v) is 17.9. The van der Waals surface area contributed by atoms with E-state index in [1.54, 1.807) is 37.4 Å². The standard InChI is InChI=1S/C20H20Cl2N4OS/c1-20(2,24)19(27)26-6-5-14-12(9-26)16-11(10-3-4-15(23)25-8-10)7-13(21)17(22)18(16)28-14/h3-4,7-8H,5-6,9,24H2,1-2H3,(H2,23,25). The Hall–Kier alpha value is -1.86. The Bertz CT molecular complexity index is 1090. The number of hydrogen-bond acceptors (Lipinski definition) is 5. The molecule has 0 bridgehead atoms. The van der Waals surface area contributed by atoms with Crippen molar-refractivity contribution in [2.24, 2.45) is 5.73 Å². The maximum absolute atomic E-state index is 12.7. The number of nitrogens with two attached hydrogens (primary N) is 2. The van der Waals surface area contributed by atoms with E-state index in [1.807, 2.05) is 17.0 Å². The number of nitrogen functional groups attached to an aromatic ring is 1. The number of thiophene rings is 1. The number of anilines is 1. The number of hydrogen-bond donors (Lipinski definition) is 2. The molecule has 1 aromatic carbocycles. The Labute approximate surface area is 177 Å². The highest BCUT2D eigenvalue weighted by atomic mass is 35.5. The third-order valence-electron chi connectivity index (χ3n) is 4.93. The van der Waals surface area contributed by atoms with Gasteiger partial charge in [0.15, 0.2) is 0 Å². The number of rotatable bonds is 2. The van der Waals surface area contributed by atoms with E-state index >= 15 is 0 Å². The number of fused-ring (bicyclic) bond motifs is 3. The van der Waals surface area contributed by atoms with Gasteiger partial charge in [-0.3, -0.25) is 4.79 Å². The van der Waals surface area contributed by atoms with Crippen molar-refractivity contribution in [3.8, 4) is 11.1 Å². The molecule has 4 N–H and O–H groups in total. The second kappa shape index (κ2) is 6.88. The number of benzene rings is 1. The van der Waals surface area contributed by atoms with Crippen molar-refractivity contribution < 1.29 is 4.79 Å². The van der Waals surface area contributed by atoms with Crippen molar-refractivity contribution in [1.82, 2.24) is 9.88 Å². The molecule has 3 aromatic rings. The number of pyridine rings is 1. The Balaban J connectivity index is 1.91. The van der Waals surface area contributed by atoms with Gasteiger partial charge in [-0.2, -0.15) is 0 Å². The second-order valence-corrected chi connectivity index (χ2v) is 9.49. The van der Waals surface area contributed by atoms with Crippen molar-refractivity contribution in [3.63, 3.8) is 0 Å². The summed E-state index contributed by atoms with van der Waals surface area (Å²) in [5.74, 6) is 0.391. The molecular weight excluding hydrogens is 415 g/mol. The third kappa shape index (κ3) is 3.24. The molecule has 0 unspecified atom stereocenters. The van der Waals surface area contributed by atoms with E-state index in [1.165, 1.54) is 4.88 Å². The topological polar surface area (TPSA) is 85.2 Å². The van der Waals surface area contributed by atoms with Gasteiger partial charge in [-0.25, -0.2) is 4.98 Å². The summed E-state index contributed by atoms with van der Waals surface area (Å²) in [6, 6.07) is 5.54. The van der Waals surface area contributed by atoms with Gasteiger partial charge in [0.25, 0.3) is 0 Å². The highest BCUT2D eigenvalue weighted by molar-refractivity contribution is 7.20. The smallest absolute Gasteiger partial charge is 0.242 e. The van der Waals surface area contributed by atoms with E-state index in [-0.39, 0.29) is 5.91 Å². The third-order valence-corrected chi connectivity index (χ3v) is 7.14. The Morgan fingerprint density at radius 2 is 2.07 bits per heavy atom. The van der Waals surface area contributed by atoms with Gasteiger partial charge in [-0.15, -0.1) is 11.3 Å². The molecule has 0 saturated heterocycles. The van der Waals surface area contributed by atoms with Crippen LogP contribution in [0.1, 0.15) is 24.3 Å². The van der Waals surface area contributed by atoms with Gasteiger partial charge in [0.2, 0.25) is 5.91 Å². The van der Waals surface area contributed by atoms with Crippen LogP contribution in [0.4, 0.5) is 5.82 Å². The molecule has 2 aromatic heterocycles. The summed E-state index contributed by atoms with van der Waals surface area (Å²) in [5, 5.41) is 2.06. The minimum Gasteiger partial charge on any atom is -0.384 e. The molecule has 3 heterocycles. The first-order chi connectivity index (χ1) is 13.2. The fraction of sp³-hybridized carbons (Fsp3) is 0.300. The lowest BCUT2D eigenvalue weighted by molar-refractivity contribution is -0.136. The van der Waals surface area contributed by atoms with Crippen LogP contribution in [-0.4, -0.2) is 27.9 Å². The summed E-state index contributed by atoms with van der Waals surface area (Å²) < 4.78 is 0.937. The summed E-state index contributed by atoms with van der Waals surface area (Å²) in [6.07, 6.45) is 2.50. The first-order valence-corrected chi connectivity index (χ1v) is 10.5. The van der Waals surface area contributed by atoms with Gasteiger partial charge in [0.1, 0.15) is 5.82 Å². The average molecular weight is 435 g/mol. The summed E-state index contributed by atoms with van der Waals surface area (Å²) >= 11 is 14.6. The molecule has 0 aliphatic carbocycles. The summed E-state index contributed by atoms with van der Waals surface area (Å²) in [4.78, 5) is 20.0. The van der Waals surface area contributed by atoms with Crippen LogP contribution >= 0.6 is 34.5 Å². The van der Waals surface area contributed by atoms with E-state index < -0.39 is 5.54 Å². The molecule has 0 atom stereocenters. The predicted octanol–water partition coefficient (Wildman–Crippen LogP) is 4.47. The van der Waals surface area contributed by atoms with E-state index in [0.717, 1.165) is 33.2 Å². The minimum absolute atomic E-state index is 0.0618. The number of aromatic nitrogens is 1. The van der Waals surface area contributed by atoms with Crippen molar-refractivity contribution in [2.45, 2.75) is 32.4 Å². The molecule has 1 aliphatic heterocycles. The largest absolute Gasteiger partial charge is 0.384 e. The lowest BCUT2D eigenvalue weighted by Crippen LogP contribution is -2.52. The van der Waals surface area contributed by atoms with Crippen molar-refractivity contribution in [1.29, 1.82) is 0 Å². The summed E-state index contributed by atoms with van der Waals surface area (Å²) in [7, 11) is 0. The molecule has 1 amide bonds. The molecule has 0 spiro atoms. The highest BCUT2D eigenvalue weighted by Gasteiger charge is 2.32. The van der Waals surface area contributed by atoms with Crippen molar-refractivity contribution in [2.75, 3.05) is 12.3 Å². The Morgan fingerprint density at radius 3 is 2.71 bits per heavy atom. The van der Waals surface area contributed by atoms with Crippen LogP contribution in [0, 0.1) is 0 Å². The fourth-order valence-corrected chi connectivity index (χ4v) is 5.36. The van der Waals surface area contributed by atoms with Crippen LogP contribution in [0.15, 0.2) is 24.4 Å². The van der Waals surface area contributed by atoms with Crippen LogP contribution < -0.4 is 11.5 Å². The molecule has 28 heavy (non-hydrogen) atoms. The first kappa shape index (κ1) is 19.5. The minimum atomic E-state index is -0.909. The molecule has 146 valence electrons. The maximum atomic E-state index is 12.7. The second-order valence-electron chi connectivity index (χ2n) is 7.60. The number of halogens is 2. The Morgan fingerprint density at radius 1 is 1.32 bits per heavy atom. The highest BCUT2D eigenvalue weighted by Crippen LogP contribution is 2.46. The van der Waals surface area contributed by atoms with Crippen molar-refractivity contribution in [3.05, 3.63) is 44.9 Å². The van der Waals surface area contributed by atoms with Gasteiger partial charge in [-0.05, 0) is 49.6 Å². The predicted molar refractivity (Wildman–Crippen MR) is 117 cm³/mol. The number of nitrogens with zero attached hydrogens (tertiary/aromatic N) is 2. The summed E-state index contributed by atoms with van der Waals surface area (Å²) in [5.41, 5.74) is 13.8. The molecule has 0 radical (unpaired) electrons. The van der Waals surface area contributed by atoms with Crippen LogP contribution in [0.3, 0.4) is 0 Å². The fourth-order valence-electron chi connectivity index (χ4n) is 3.57. The first-order valence-electron chi connectivity index (χ1n) is 8.89. The lowest BCUT2D eigenvalue weighted by atomic mass is 9.96. The zero-order chi connectivity index (χ0) is 20.2. The van der Waals surface area contributed by atoms with Gasteiger partial charge in [0, 0.05) is 35.1 Å². The molecule has 8 heteroatoms. The number of amides is 1. The monoisotopic (exact) mass is 434 g/mol. The number of carbonyl (C=O) groups excluding carboxylic acids is 1. The van der Waals surface area contributed by atoms with Crippen LogP contribution in [0.5, 0.6) is 0 Å². The van der Waals surface area contributed by atoms with Crippen LogP contribution in [0.25, 0.3) is 21.2 Å². The molecule has 1 aliphatic rings. The Kier molecular flexibility index (Phi) is 4.78. The maximum Gasteiger partial charge on any atom is 0.242 e. The SMILES string of the molecule is CC(C)(N)C(=O)N1CCc2sc3c(Cl)c(Cl)cc(-c4ccc(N)nc4)c3c2C1.